The highest BCUT2D eigenvalue weighted by molar-refractivity contribution is 7.13. The number of rotatable bonds is 2. The number of hydrogen-bond acceptors (Lipinski definition) is 4. The van der Waals surface area contributed by atoms with Crippen LogP contribution in [-0.4, -0.2) is 10.1 Å². The van der Waals surface area contributed by atoms with Crippen molar-refractivity contribution in [2.45, 2.75) is 26.2 Å². The predicted octanol–water partition coefficient (Wildman–Crippen LogP) is 5.19. The van der Waals surface area contributed by atoms with Crippen molar-refractivity contribution in [3.8, 4) is 11.8 Å². The van der Waals surface area contributed by atoms with Crippen LogP contribution in [0.5, 0.6) is 5.75 Å². The van der Waals surface area contributed by atoms with E-state index < -0.39 is 0 Å². The minimum Gasteiger partial charge on any atom is -0.507 e. The van der Waals surface area contributed by atoms with Gasteiger partial charge in [0.1, 0.15) is 16.8 Å². The summed E-state index contributed by atoms with van der Waals surface area (Å²) in [5, 5.41) is 22.3. The van der Waals surface area contributed by atoms with E-state index in [9.17, 15) is 10.4 Å². The molecule has 0 radical (unpaired) electrons. The number of fused-ring (bicyclic) bond motifs is 2. The molecule has 0 saturated carbocycles. The van der Waals surface area contributed by atoms with Crippen molar-refractivity contribution in [3.05, 3.63) is 57.5 Å². The van der Waals surface area contributed by atoms with Gasteiger partial charge in [-0.05, 0) is 48.3 Å². The van der Waals surface area contributed by atoms with Crippen LogP contribution in [0.1, 0.15) is 34.5 Å². The number of hydrogen-bond donors (Lipinski definition) is 1. The van der Waals surface area contributed by atoms with Gasteiger partial charge in [0.2, 0.25) is 0 Å². The van der Waals surface area contributed by atoms with Crippen molar-refractivity contribution in [2.75, 3.05) is 0 Å². The van der Waals surface area contributed by atoms with Gasteiger partial charge in [-0.25, -0.2) is 4.98 Å². The summed E-state index contributed by atoms with van der Waals surface area (Å²) in [7, 11) is 0. The molecule has 0 bridgehead atoms. The molecular formula is C21H18N2OS. The van der Waals surface area contributed by atoms with Crippen LogP contribution in [0.25, 0.3) is 22.4 Å². The molecule has 0 unspecified atom stereocenters. The molecular weight excluding hydrogens is 328 g/mol. The van der Waals surface area contributed by atoms with Crippen LogP contribution < -0.4 is 0 Å². The highest BCUT2D eigenvalue weighted by atomic mass is 32.1. The number of aryl methyl sites for hydroxylation is 1. The summed E-state index contributed by atoms with van der Waals surface area (Å²) in [6, 6.07) is 13.5. The fourth-order valence-electron chi connectivity index (χ4n) is 3.38. The van der Waals surface area contributed by atoms with Crippen LogP contribution >= 0.6 is 11.3 Å². The molecule has 25 heavy (non-hydrogen) atoms. The molecule has 0 spiro atoms. The first-order valence-electron chi connectivity index (χ1n) is 8.47. The first-order valence-corrected chi connectivity index (χ1v) is 9.29. The molecule has 0 fully saturated rings. The molecule has 2 aromatic carbocycles. The predicted molar refractivity (Wildman–Crippen MR) is 102 cm³/mol. The lowest BCUT2D eigenvalue weighted by molar-refractivity contribution is 0.481. The maximum absolute atomic E-state index is 10.0. The van der Waals surface area contributed by atoms with Crippen molar-refractivity contribution in [1.82, 2.24) is 4.98 Å². The normalized spacial score (nSPS) is 17.3. The number of phenolic OH excluding ortho intramolecular Hbond substituents is 1. The van der Waals surface area contributed by atoms with Crippen molar-refractivity contribution < 1.29 is 5.11 Å². The van der Waals surface area contributed by atoms with Gasteiger partial charge in [0, 0.05) is 10.3 Å². The standard InChI is InChI=1S/C21H18N2OS/c1-13-6-8-18-20(10-13)25-21(23-18)15(12-22)11-14-7-9-19(24)17-5-3-2-4-16(14)17/h2-5,7,9,11,13,24H,6,8,10H2,1H3/b15-11+/t13-/m1/s1. The average Bonchev–Trinajstić information content (AvgIpc) is 3.04. The molecule has 1 heterocycles. The lowest BCUT2D eigenvalue weighted by atomic mass is 9.93. The molecule has 0 amide bonds. The zero-order valence-electron chi connectivity index (χ0n) is 14.0. The van der Waals surface area contributed by atoms with Crippen molar-refractivity contribution in [3.63, 3.8) is 0 Å². The van der Waals surface area contributed by atoms with Gasteiger partial charge >= 0.3 is 0 Å². The summed E-state index contributed by atoms with van der Waals surface area (Å²) in [5.74, 6) is 0.946. The molecule has 0 aliphatic heterocycles. The van der Waals surface area contributed by atoms with Gasteiger partial charge < -0.3 is 5.11 Å². The first-order chi connectivity index (χ1) is 12.2. The second-order valence-electron chi connectivity index (χ2n) is 6.63. The summed E-state index contributed by atoms with van der Waals surface area (Å²) >= 11 is 1.65. The number of aromatic nitrogens is 1. The minimum atomic E-state index is 0.255. The summed E-state index contributed by atoms with van der Waals surface area (Å²) in [6.07, 6.45) is 5.13. The Morgan fingerprint density at radius 3 is 2.88 bits per heavy atom. The van der Waals surface area contributed by atoms with Gasteiger partial charge in [0.25, 0.3) is 0 Å². The van der Waals surface area contributed by atoms with Crippen LogP contribution in [0.3, 0.4) is 0 Å². The topological polar surface area (TPSA) is 56.9 Å². The zero-order chi connectivity index (χ0) is 17.4. The molecule has 0 saturated heterocycles. The summed E-state index contributed by atoms with van der Waals surface area (Å²) in [4.78, 5) is 6.05. The third-order valence-electron chi connectivity index (χ3n) is 4.77. The minimum absolute atomic E-state index is 0.255. The monoisotopic (exact) mass is 346 g/mol. The van der Waals surface area contributed by atoms with E-state index in [1.807, 2.05) is 36.4 Å². The first kappa shape index (κ1) is 15.9. The van der Waals surface area contributed by atoms with Gasteiger partial charge in [0.15, 0.2) is 0 Å². The van der Waals surface area contributed by atoms with E-state index in [-0.39, 0.29) is 5.75 Å². The van der Waals surface area contributed by atoms with Crippen LogP contribution in [0.15, 0.2) is 36.4 Å². The molecule has 4 rings (SSSR count). The van der Waals surface area contributed by atoms with Crippen LogP contribution in [0.4, 0.5) is 0 Å². The number of nitriles is 1. The van der Waals surface area contributed by atoms with Gasteiger partial charge in [-0.15, -0.1) is 11.3 Å². The Morgan fingerprint density at radius 2 is 2.08 bits per heavy atom. The molecule has 1 aliphatic rings. The summed E-state index contributed by atoms with van der Waals surface area (Å²) in [6.45, 7) is 2.27. The van der Waals surface area contributed by atoms with Gasteiger partial charge in [-0.2, -0.15) is 5.26 Å². The number of aromatic hydroxyl groups is 1. The van der Waals surface area contributed by atoms with E-state index in [1.54, 1.807) is 17.4 Å². The van der Waals surface area contributed by atoms with Crippen molar-refractivity contribution in [1.29, 1.82) is 5.26 Å². The Bertz CT molecular complexity index is 1030. The van der Waals surface area contributed by atoms with Crippen LogP contribution in [-0.2, 0) is 12.8 Å². The maximum Gasteiger partial charge on any atom is 0.134 e. The number of phenols is 1. The Morgan fingerprint density at radius 1 is 1.28 bits per heavy atom. The van der Waals surface area contributed by atoms with E-state index in [4.69, 9.17) is 4.98 Å². The third-order valence-corrected chi connectivity index (χ3v) is 5.92. The molecule has 1 aromatic heterocycles. The Balaban J connectivity index is 1.80. The van der Waals surface area contributed by atoms with E-state index in [1.165, 1.54) is 11.3 Å². The fourth-order valence-corrected chi connectivity index (χ4v) is 4.62. The van der Waals surface area contributed by atoms with Gasteiger partial charge in [-0.1, -0.05) is 37.3 Å². The number of thiazole rings is 1. The van der Waals surface area contributed by atoms with Gasteiger partial charge in [-0.3, -0.25) is 0 Å². The molecule has 124 valence electrons. The maximum atomic E-state index is 10.0. The number of allylic oxidation sites excluding steroid dienone is 1. The molecule has 4 heteroatoms. The molecule has 1 atom stereocenters. The Hall–Kier alpha value is -2.64. The quantitative estimate of drug-likeness (QED) is 0.650. The Kier molecular flexibility index (Phi) is 4.03. The van der Waals surface area contributed by atoms with E-state index in [2.05, 4.69) is 13.0 Å². The smallest absolute Gasteiger partial charge is 0.134 e. The average molecular weight is 346 g/mol. The molecule has 1 aliphatic carbocycles. The van der Waals surface area contributed by atoms with Crippen LogP contribution in [0.2, 0.25) is 0 Å². The second kappa shape index (κ2) is 6.34. The zero-order valence-corrected chi connectivity index (χ0v) is 14.8. The fraction of sp³-hybridized carbons (Fsp3) is 0.238. The molecule has 1 N–H and O–H groups in total. The van der Waals surface area contributed by atoms with E-state index in [0.29, 0.717) is 11.5 Å². The largest absolute Gasteiger partial charge is 0.507 e. The third kappa shape index (κ3) is 2.92. The summed E-state index contributed by atoms with van der Waals surface area (Å²) in [5.41, 5.74) is 2.67. The SMILES string of the molecule is C[C@@H]1CCc2nc(/C(C#N)=C/c3ccc(O)c4ccccc34)sc2C1. The summed E-state index contributed by atoms with van der Waals surface area (Å²) < 4.78 is 0. The lowest BCUT2D eigenvalue weighted by Crippen LogP contribution is -2.09. The van der Waals surface area contributed by atoms with Crippen LogP contribution in [0, 0.1) is 17.2 Å². The highest BCUT2D eigenvalue weighted by Crippen LogP contribution is 2.34. The van der Waals surface area contributed by atoms with Crippen molar-refractivity contribution in [2.24, 2.45) is 5.92 Å². The molecule has 3 nitrogen and oxygen atoms in total. The number of benzene rings is 2. The van der Waals surface area contributed by atoms with E-state index in [0.717, 1.165) is 39.9 Å². The lowest BCUT2D eigenvalue weighted by Gasteiger charge is -2.15. The highest BCUT2D eigenvalue weighted by Gasteiger charge is 2.21. The molecule has 3 aromatic rings. The van der Waals surface area contributed by atoms with E-state index >= 15 is 0 Å². The second-order valence-corrected chi connectivity index (χ2v) is 7.71. The number of nitrogens with zero attached hydrogens (tertiary/aromatic N) is 2. The Labute approximate surface area is 150 Å². The van der Waals surface area contributed by atoms with Gasteiger partial charge in [0.05, 0.1) is 11.3 Å². The van der Waals surface area contributed by atoms with Crippen molar-refractivity contribution >= 4 is 33.8 Å².